The van der Waals surface area contributed by atoms with Crippen LogP contribution in [-0.4, -0.2) is 0 Å². The largest absolute Gasteiger partial charge is 0.305 e. The lowest BCUT2D eigenvalue weighted by atomic mass is 10.2. The quantitative estimate of drug-likeness (QED) is 0.881. The Labute approximate surface area is 106 Å². The molecule has 2 rings (SSSR count). The van der Waals surface area contributed by atoms with Crippen LogP contribution in [-0.2, 0) is 6.54 Å². The molecule has 80 valence electrons. The van der Waals surface area contributed by atoms with E-state index >= 15 is 0 Å². The molecule has 0 radical (unpaired) electrons. The van der Waals surface area contributed by atoms with Gasteiger partial charge in [0.2, 0.25) is 0 Å². The predicted molar refractivity (Wildman–Crippen MR) is 71.6 cm³/mol. The van der Waals surface area contributed by atoms with Gasteiger partial charge in [-0.15, -0.1) is 11.3 Å². The molecule has 1 nitrogen and oxygen atoms in total. The highest BCUT2D eigenvalue weighted by Gasteiger charge is 2.09. The third-order valence-electron chi connectivity index (χ3n) is 2.23. The Bertz CT molecular complexity index is 408. The van der Waals surface area contributed by atoms with Crippen molar-refractivity contribution in [2.24, 2.45) is 0 Å². The van der Waals surface area contributed by atoms with Gasteiger partial charge >= 0.3 is 0 Å². The summed E-state index contributed by atoms with van der Waals surface area (Å²) in [6, 6.07) is 4.66. The molecule has 2 aromatic heterocycles. The van der Waals surface area contributed by atoms with Crippen LogP contribution in [0.5, 0.6) is 0 Å². The van der Waals surface area contributed by atoms with Crippen molar-refractivity contribution in [3.05, 3.63) is 43.2 Å². The minimum atomic E-state index is 0.402. The van der Waals surface area contributed by atoms with E-state index in [0.29, 0.717) is 6.04 Å². The SMILES string of the molecule is CC(NCc1ccsc1)c1sccc1Br. The van der Waals surface area contributed by atoms with E-state index in [-0.39, 0.29) is 0 Å². The Morgan fingerprint density at radius 2 is 2.27 bits per heavy atom. The third kappa shape index (κ3) is 2.91. The minimum absolute atomic E-state index is 0.402. The summed E-state index contributed by atoms with van der Waals surface area (Å²) in [7, 11) is 0. The van der Waals surface area contributed by atoms with Gasteiger partial charge in [-0.25, -0.2) is 0 Å². The second kappa shape index (κ2) is 5.25. The first-order valence-corrected chi connectivity index (χ1v) is 7.36. The second-order valence-corrected chi connectivity index (χ2v) is 5.95. The van der Waals surface area contributed by atoms with Gasteiger partial charge in [-0.1, -0.05) is 0 Å². The molecule has 4 heteroatoms. The summed E-state index contributed by atoms with van der Waals surface area (Å²) < 4.78 is 1.21. The van der Waals surface area contributed by atoms with Crippen molar-refractivity contribution in [1.82, 2.24) is 5.32 Å². The van der Waals surface area contributed by atoms with Crippen LogP contribution in [0, 0.1) is 0 Å². The number of hydrogen-bond donors (Lipinski definition) is 1. The van der Waals surface area contributed by atoms with Crippen LogP contribution in [0.4, 0.5) is 0 Å². The van der Waals surface area contributed by atoms with Crippen LogP contribution in [0.15, 0.2) is 32.7 Å². The molecular formula is C11H12BrNS2. The monoisotopic (exact) mass is 301 g/mol. The number of rotatable bonds is 4. The van der Waals surface area contributed by atoms with Crippen LogP contribution >= 0.6 is 38.6 Å². The van der Waals surface area contributed by atoms with Crippen LogP contribution in [0.25, 0.3) is 0 Å². The maximum Gasteiger partial charge on any atom is 0.0400 e. The third-order valence-corrected chi connectivity index (χ3v) is 5.02. The Kier molecular flexibility index (Phi) is 3.97. The lowest BCUT2D eigenvalue weighted by molar-refractivity contribution is 0.582. The molecule has 0 aliphatic rings. The van der Waals surface area contributed by atoms with Crippen LogP contribution in [0.1, 0.15) is 23.4 Å². The minimum Gasteiger partial charge on any atom is -0.305 e. The van der Waals surface area contributed by atoms with Crippen LogP contribution < -0.4 is 5.32 Å². The number of halogens is 1. The summed E-state index contributed by atoms with van der Waals surface area (Å²) in [6.45, 7) is 3.14. The summed E-state index contributed by atoms with van der Waals surface area (Å²) >= 11 is 7.09. The van der Waals surface area contributed by atoms with Crippen molar-refractivity contribution >= 4 is 38.6 Å². The highest BCUT2D eigenvalue weighted by Crippen LogP contribution is 2.28. The molecule has 0 fully saturated rings. The molecule has 1 N–H and O–H groups in total. The lowest BCUT2D eigenvalue weighted by Gasteiger charge is -2.12. The first-order valence-electron chi connectivity index (χ1n) is 4.74. The molecule has 1 unspecified atom stereocenters. The first kappa shape index (κ1) is 11.3. The summed E-state index contributed by atoms with van der Waals surface area (Å²) in [6.07, 6.45) is 0. The second-order valence-electron chi connectivity index (χ2n) is 3.37. The predicted octanol–water partition coefficient (Wildman–Crippen LogP) is 4.42. The fourth-order valence-electron chi connectivity index (χ4n) is 1.37. The van der Waals surface area contributed by atoms with Crippen LogP contribution in [0.2, 0.25) is 0 Å². The summed E-state index contributed by atoms with van der Waals surface area (Å²) in [5, 5.41) is 9.93. The first-order chi connectivity index (χ1) is 7.27. The van der Waals surface area contributed by atoms with E-state index in [1.165, 1.54) is 14.9 Å². The van der Waals surface area contributed by atoms with Gasteiger partial charge in [0, 0.05) is 21.9 Å². The van der Waals surface area contributed by atoms with Crippen molar-refractivity contribution in [3.8, 4) is 0 Å². The maximum absolute atomic E-state index is 3.56. The molecule has 0 bridgehead atoms. The van der Waals surface area contributed by atoms with Crippen molar-refractivity contribution in [3.63, 3.8) is 0 Å². The summed E-state index contributed by atoms with van der Waals surface area (Å²) in [4.78, 5) is 1.37. The molecule has 2 heterocycles. The standard InChI is InChI=1S/C11H12BrNS2/c1-8(11-10(12)3-5-15-11)13-6-9-2-4-14-7-9/h2-5,7-8,13H,6H2,1H3. The van der Waals surface area contributed by atoms with Crippen LogP contribution in [0.3, 0.4) is 0 Å². The van der Waals surface area contributed by atoms with E-state index in [2.05, 4.69) is 56.4 Å². The molecule has 0 amide bonds. The topological polar surface area (TPSA) is 12.0 Å². The van der Waals surface area contributed by atoms with Gasteiger partial charge in [0.1, 0.15) is 0 Å². The summed E-state index contributed by atoms with van der Waals surface area (Å²) in [5.41, 5.74) is 1.36. The van der Waals surface area contributed by atoms with E-state index in [4.69, 9.17) is 0 Å². The van der Waals surface area contributed by atoms with Gasteiger partial charge < -0.3 is 5.32 Å². The van der Waals surface area contributed by atoms with E-state index < -0.39 is 0 Å². The highest BCUT2D eigenvalue weighted by atomic mass is 79.9. The Morgan fingerprint density at radius 3 is 2.87 bits per heavy atom. The van der Waals surface area contributed by atoms with Gasteiger partial charge in [-0.2, -0.15) is 11.3 Å². The molecule has 1 atom stereocenters. The van der Waals surface area contributed by atoms with E-state index in [1.807, 2.05) is 0 Å². The van der Waals surface area contributed by atoms with Crippen molar-refractivity contribution in [1.29, 1.82) is 0 Å². The maximum atomic E-state index is 3.56. The van der Waals surface area contributed by atoms with E-state index in [1.54, 1.807) is 22.7 Å². The number of thiophene rings is 2. The zero-order valence-electron chi connectivity index (χ0n) is 8.37. The van der Waals surface area contributed by atoms with Gasteiger partial charge in [-0.05, 0) is 56.7 Å². The average Bonchev–Trinajstić information content (AvgIpc) is 2.84. The molecule has 0 saturated heterocycles. The normalized spacial score (nSPS) is 12.9. The van der Waals surface area contributed by atoms with E-state index in [9.17, 15) is 0 Å². The molecule has 2 aromatic rings. The van der Waals surface area contributed by atoms with Gasteiger partial charge in [0.25, 0.3) is 0 Å². The van der Waals surface area contributed by atoms with Crippen molar-refractivity contribution in [2.45, 2.75) is 19.5 Å². The Hall–Kier alpha value is -0.160. The zero-order valence-corrected chi connectivity index (χ0v) is 11.6. The lowest BCUT2D eigenvalue weighted by Crippen LogP contribution is -2.16. The van der Waals surface area contributed by atoms with Crippen molar-refractivity contribution < 1.29 is 0 Å². The molecule has 0 aliphatic heterocycles. The molecule has 0 aliphatic carbocycles. The van der Waals surface area contributed by atoms with Gasteiger partial charge in [0.15, 0.2) is 0 Å². The fourth-order valence-corrected chi connectivity index (χ4v) is 3.79. The highest BCUT2D eigenvalue weighted by molar-refractivity contribution is 9.10. The molecular weight excluding hydrogens is 290 g/mol. The molecule has 0 aromatic carbocycles. The molecule has 15 heavy (non-hydrogen) atoms. The van der Waals surface area contributed by atoms with E-state index in [0.717, 1.165) is 6.54 Å². The Balaban J connectivity index is 1.93. The van der Waals surface area contributed by atoms with Gasteiger partial charge in [0.05, 0.1) is 0 Å². The molecule has 0 spiro atoms. The number of hydrogen-bond acceptors (Lipinski definition) is 3. The van der Waals surface area contributed by atoms with Gasteiger partial charge in [-0.3, -0.25) is 0 Å². The molecule has 0 saturated carbocycles. The van der Waals surface area contributed by atoms with Crippen molar-refractivity contribution in [2.75, 3.05) is 0 Å². The fraction of sp³-hybridized carbons (Fsp3) is 0.273. The zero-order chi connectivity index (χ0) is 10.7. The average molecular weight is 302 g/mol. The Morgan fingerprint density at radius 1 is 1.40 bits per heavy atom. The number of nitrogens with one attached hydrogen (secondary N) is 1. The smallest absolute Gasteiger partial charge is 0.0400 e. The summed E-state index contributed by atoms with van der Waals surface area (Å²) in [5.74, 6) is 0.